The van der Waals surface area contributed by atoms with Gasteiger partial charge in [-0.25, -0.2) is 0 Å². The lowest BCUT2D eigenvalue weighted by atomic mass is 10.1. The van der Waals surface area contributed by atoms with Gasteiger partial charge in [-0.2, -0.15) is 0 Å². The molecule has 0 saturated carbocycles. The smallest absolute Gasteiger partial charge is 0.132 e. The molecule has 0 fully saturated rings. The van der Waals surface area contributed by atoms with Crippen LogP contribution in [0.2, 0.25) is 0 Å². The fraction of sp³-hybridized carbons (Fsp3) is 0.250. The van der Waals surface area contributed by atoms with Crippen LogP contribution in [0.25, 0.3) is 0 Å². The average molecular weight is 241 g/mol. The van der Waals surface area contributed by atoms with Crippen molar-refractivity contribution in [2.75, 3.05) is 0 Å². The van der Waals surface area contributed by atoms with Gasteiger partial charge in [0.1, 0.15) is 11.5 Å². The van der Waals surface area contributed by atoms with Crippen LogP contribution in [0.4, 0.5) is 0 Å². The molecule has 2 aromatic carbocycles. The maximum absolute atomic E-state index is 6.00. The van der Waals surface area contributed by atoms with Crippen LogP contribution in [-0.2, 0) is 0 Å². The van der Waals surface area contributed by atoms with E-state index in [9.17, 15) is 0 Å². The Morgan fingerprint density at radius 3 is 2.33 bits per heavy atom. The van der Waals surface area contributed by atoms with Crippen LogP contribution in [0.5, 0.6) is 11.5 Å². The molecular weight excluding hydrogens is 222 g/mol. The van der Waals surface area contributed by atoms with E-state index in [0.717, 1.165) is 22.6 Å². The van der Waals surface area contributed by atoms with Gasteiger partial charge in [-0.05, 0) is 44.0 Å². The van der Waals surface area contributed by atoms with Gasteiger partial charge in [-0.1, -0.05) is 30.3 Å². The Morgan fingerprint density at radius 1 is 0.944 bits per heavy atom. The topological polar surface area (TPSA) is 35.2 Å². The van der Waals surface area contributed by atoms with Gasteiger partial charge in [0.05, 0.1) is 0 Å². The van der Waals surface area contributed by atoms with E-state index in [0.29, 0.717) is 0 Å². The second kappa shape index (κ2) is 5.23. The molecule has 2 heteroatoms. The van der Waals surface area contributed by atoms with E-state index in [1.165, 1.54) is 5.56 Å². The maximum Gasteiger partial charge on any atom is 0.132 e. The summed E-state index contributed by atoms with van der Waals surface area (Å²) in [5, 5.41) is 0. The Labute approximate surface area is 108 Å². The summed E-state index contributed by atoms with van der Waals surface area (Å²) in [4.78, 5) is 0. The third kappa shape index (κ3) is 2.54. The van der Waals surface area contributed by atoms with Gasteiger partial charge in [0.2, 0.25) is 0 Å². The molecule has 0 radical (unpaired) electrons. The molecule has 1 atom stereocenters. The van der Waals surface area contributed by atoms with E-state index in [2.05, 4.69) is 19.9 Å². The Kier molecular flexibility index (Phi) is 3.68. The Bertz CT molecular complexity index is 547. The van der Waals surface area contributed by atoms with Gasteiger partial charge >= 0.3 is 0 Å². The van der Waals surface area contributed by atoms with Crippen molar-refractivity contribution >= 4 is 0 Å². The molecule has 2 rings (SSSR count). The summed E-state index contributed by atoms with van der Waals surface area (Å²) in [6, 6.07) is 13.9. The van der Waals surface area contributed by atoms with E-state index in [4.69, 9.17) is 10.5 Å². The summed E-state index contributed by atoms with van der Waals surface area (Å²) in [5.41, 5.74) is 9.37. The second-order valence-corrected chi connectivity index (χ2v) is 4.63. The van der Waals surface area contributed by atoms with E-state index >= 15 is 0 Å². The minimum atomic E-state index is -0.0358. The molecule has 0 aliphatic rings. The minimum absolute atomic E-state index is 0.0358. The number of ether oxygens (including phenoxy) is 1. The highest BCUT2D eigenvalue weighted by Gasteiger charge is 2.09. The molecule has 0 unspecified atom stereocenters. The van der Waals surface area contributed by atoms with Gasteiger partial charge in [-0.15, -0.1) is 0 Å². The predicted octanol–water partition coefficient (Wildman–Crippen LogP) is 4.12. The highest BCUT2D eigenvalue weighted by atomic mass is 16.5. The Balaban J connectivity index is 2.37. The van der Waals surface area contributed by atoms with Crippen LogP contribution in [0.15, 0.2) is 42.5 Å². The van der Waals surface area contributed by atoms with Crippen molar-refractivity contribution in [2.45, 2.75) is 26.8 Å². The second-order valence-electron chi connectivity index (χ2n) is 4.63. The highest BCUT2D eigenvalue weighted by Crippen LogP contribution is 2.31. The van der Waals surface area contributed by atoms with Crippen molar-refractivity contribution in [3.05, 3.63) is 59.2 Å². The summed E-state index contributed by atoms with van der Waals surface area (Å²) in [6.45, 7) is 6.12. The van der Waals surface area contributed by atoms with Crippen molar-refractivity contribution in [1.29, 1.82) is 0 Å². The first-order chi connectivity index (χ1) is 8.59. The number of hydrogen-bond acceptors (Lipinski definition) is 2. The Hall–Kier alpha value is -1.80. The van der Waals surface area contributed by atoms with Crippen molar-refractivity contribution in [1.82, 2.24) is 0 Å². The summed E-state index contributed by atoms with van der Waals surface area (Å²) in [6.07, 6.45) is 0. The molecule has 0 bridgehead atoms. The molecule has 0 saturated heterocycles. The summed E-state index contributed by atoms with van der Waals surface area (Å²) < 4.78 is 6.00. The van der Waals surface area contributed by atoms with Gasteiger partial charge < -0.3 is 10.5 Å². The van der Waals surface area contributed by atoms with Crippen molar-refractivity contribution in [2.24, 2.45) is 5.73 Å². The molecule has 0 aliphatic carbocycles. The fourth-order valence-corrected chi connectivity index (χ4v) is 1.90. The van der Waals surface area contributed by atoms with Gasteiger partial charge in [0, 0.05) is 11.6 Å². The van der Waals surface area contributed by atoms with Crippen LogP contribution in [0.3, 0.4) is 0 Å². The maximum atomic E-state index is 6.00. The van der Waals surface area contributed by atoms with E-state index in [1.54, 1.807) is 0 Å². The lowest BCUT2D eigenvalue weighted by Gasteiger charge is -2.15. The summed E-state index contributed by atoms with van der Waals surface area (Å²) in [7, 11) is 0. The number of para-hydroxylation sites is 1. The first-order valence-electron chi connectivity index (χ1n) is 6.18. The number of hydrogen-bond donors (Lipinski definition) is 1. The molecule has 18 heavy (non-hydrogen) atoms. The molecule has 0 spiro atoms. The fourth-order valence-electron chi connectivity index (χ4n) is 1.90. The number of rotatable bonds is 3. The highest BCUT2D eigenvalue weighted by molar-refractivity contribution is 5.44. The van der Waals surface area contributed by atoms with Crippen LogP contribution < -0.4 is 10.5 Å². The van der Waals surface area contributed by atoms with Gasteiger partial charge in [0.15, 0.2) is 0 Å². The van der Waals surface area contributed by atoms with E-state index in [1.807, 2.05) is 43.3 Å². The van der Waals surface area contributed by atoms with Crippen molar-refractivity contribution < 1.29 is 4.74 Å². The third-order valence-electron chi connectivity index (χ3n) is 3.18. The normalized spacial score (nSPS) is 12.2. The van der Waals surface area contributed by atoms with Crippen LogP contribution in [-0.4, -0.2) is 0 Å². The van der Waals surface area contributed by atoms with Gasteiger partial charge in [0.25, 0.3) is 0 Å². The SMILES string of the molecule is Cc1cccc(Oc2ccccc2[C@H](C)N)c1C. The predicted molar refractivity (Wildman–Crippen MR) is 75.0 cm³/mol. The largest absolute Gasteiger partial charge is 0.457 e. The molecule has 0 aromatic heterocycles. The molecule has 94 valence electrons. The lowest BCUT2D eigenvalue weighted by molar-refractivity contribution is 0.468. The Morgan fingerprint density at radius 2 is 1.61 bits per heavy atom. The van der Waals surface area contributed by atoms with Crippen LogP contribution in [0, 0.1) is 13.8 Å². The zero-order valence-corrected chi connectivity index (χ0v) is 11.1. The molecule has 0 heterocycles. The first kappa shape index (κ1) is 12.7. The summed E-state index contributed by atoms with van der Waals surface area (Å²) >= 11 is 0. The molecular formula is C16H19NO. The quantitative estimate of drug-likeness (QED) is 0.877. The molecule has 2 nitrogen and oxygen atoms in total. The van der Waals surface area contributed by atoms with Crippen LogP contribution in [0.1, 0.15) is 29.7 Å². The zero-order chi connectivity index (χ0) is 13.1. The van der Waals surface area contributed by atoms with Crippen molar-refractivity contribution in [3.63, 3.8) is 0 Å². The monoisotopic (exact) mass is 241 g/mol. The lowest BCUT2D eigenvalue weighted by Crippen LogP contribution is -2.06. The summed E-state index contributed by atoms with van der Waals surface area (Å²) in [5.74, 6) is 1.73. The van der Waals surface area contributed by atoms with Crippen molar-refractivity contribution in [3.8, 4) is 11.5 Å². The molecule has 0 amide bonds. The minimum Gasteiger partial charge on any atom is -0.457 e. The van der Waals surface area contributed by atoms with Gasteiger partial charge in [-0.3, -0.25) is 0 Å². The number of aryl methyl sites for hydroxylation is 1. The number of nitrogens with two attached hydrogens (primary N) is 1. The molecule has 2 N–H and O–H groups in total. The van der Waals surface area contributed by atoms with E-state index < -0.39 is 0 Å². The molecule has 2 aromatic rings. The molecule has 0 aliphatic heterocycles. The average Bonchev–Trinajstić information content (AvgIpc) is 2.35. The van der Waals surface area contributed by atoms with Crippen LogP contribution >= 0.6 is 0 Å². The first-order valence-corrected chi connectivity index (χ1v) is 6.18. The van der Waals surface area contributed by atoms with E-state index in [-0.39, 0.29) is 6.04 Å². The number of benzene rings is 2. The zero-order valence-electron chi connectivity index (χ0n) is 11.1. The standard InChI is InChI=1S/C16H19NO/c1-11-7-6-10-15(12(11)2)18-16-9-5-4-8-14(16)13(3)17/h4-10,13H,17H2,1-3H3/t13-/m0/s1. The third-order valence-corrected chi connectivity index (χ3v) is 3.18.